The summed E-state index contributed by atoms with van der Waals surface area (Å²) < 4.78 is 0. The van der Waals surface area contributed by atoms with Crippen molar-refractivity contribution in [3.8, 4) is 11.1 Å². The van der Waals surface area contributed by atoms with E-state index in [9.17, 15) is 4.79 Å². The van der Waals surface area contributed by atoms with E-state index in [4.69, 9.17) is 10.2 Å². The van der Waals surface area contributed by atoms with Crippen LogP contribution in [-0.2, 0) is 11.2 Å². The van der Waals surface area contributed by atoms with Crippen LogP contribution in [0.1, 0.15) is 11.8 Å². The predicted octanol–water partition coefficient (Wildman–Crippen LogP) is 0.686. The Morgan fingerprint density at radius 1 is 1.64 bits per heavy atom. The fourth-order valence-corrected chi connectivity index (χ4v) is 1.44. The van der Waals surface area contributed by atoms with E-state index in [0.717, 1.165) is 11.3 Å². The van der Waals surface area contributed by atoms with Crippen molar-refractivity contribution in [3.63, 3.8) is 0 Å². The van der Waals surface area contributed by atoms with Crippen LogP contribution in [0.4, 0.5) is 0 Å². The van der Waals surface area contributed by atoms with Crippen LogP contribution in [0.2, 0.25) is 0 Å². The molecule has 0 saturated heterocycles. The maximum atomic E-state index is 10.6. The molecule has 0 amide bonds. The highest BCUT2D eigenvalue weighted by atomic mass is 32.1. The first-order valence-electron chi connectivity index (χ1n) is 2.96. The third-order valence-electron chi connectivity index (χ3n) is 1.07. The number of Topliss-reactive ketones (excluding diaryl/α,β-unsaturated/α-hetero) is 1. The molecule has 0 radical (unpaired) electrons. The molecule has 1 aromatic heterocycles. The number of aromatic nitrogens is 1. The van der Waals surface area contributed by atoms with E-state index >= 15 is 0 Å². The number of hydrogen-bond acceptors (Lipinski definition) is 5. The summed E-state index contributed by atoms with van der Waals surface area (Å²) in [5.74, 6) is -0.313. The van der Waals surface area contributed by atoms with Crippen LogP contribution in [0, 0.1) is 0 Å². The summed E-state index contributed by atoms with van der Waals surface area (Å²) in [5, 5.41) is 17.5. The van der Waals surface area contributed by atoms with Crippen molar-refractivity contribution in [2.24, 2.45) is 0 Å². The number of carbonyl (C=O) groups excluding carboxylic acids is 1. The van der Waals surface area contributed by atoms with Crippen LogP contribution in [0.15, 0.2) is 0 Å². The van der Waals surface area contributed by atoms with Gasteiger partial charge in [-0.15, -0.1) is 0 Å². The first kappa shape index (κ1) is 8.00. The minimum absolute atomic E-state index is 0.0658. The van der Waals surface area contributed by atoms with Gasteiger partial charge in [0, 0.05) is 6.42 Å². The molecule has 60 valence electrons. The van der Waals surface area contributed by atoms with Gasteiger partial charge in [0.25, 0.3) is 5.19 Å². The Balaban J connectivity index is 2.85. The Morgan fingerprint density at radius 2 is 2.27 bits per heavy atom. The topological polar surface area (TPSA) is 70.4 Å². The molecule has 2 N–H and O–H groups in total. The lowest BCUT2D eigenvalue weighted by molar-refractivity contribution is -0.116. The van der Waals surface area contributed by atoms with Crippen LogP contribution >= 0.6 is 11.3 Å². The molecule has 0 fully saturated rings. The second-order valence-electron chi connectivity index (χ2n) is 2.12. The average Bonchev–Trinajstić information content (AvgIpc) is 2.09. The highest BCUT2D eigenvalue weighted by Gasteiger charge is 2.10. The van der Waals surface area contributed by atoms with Crippen molar-refractivity contribution in [3.05, 3.63) is 4.88 Å². The van der Waals surface area contributed by atoms with Gasteiger partial charge in [-0.05, 0) is 6.92 Å². The van der Waals surface area contributed by atoms with Gasteiger partial charge in [0.2, 0.25) is 5.88 Å². The molecule has 5 heteroatoms. The van der Waals surface area contributed by atoms with E-state index in [2.05, 4.69) is 4.98 Å². The average molecular weight is 173 g/mol. The van der Waals surface area contributed by atoms with Crippen molar-refractivity contribution < 1.29 is 15.0 Å². The molecule has 0 aliphatic heterocycles. The van der Waals surface area contributed by atoms with Gasteiger partial charge in [0.15, 0.2) is 0 Å². The maximum Gasteiger partial charge on any atom is 0.274 e. The second kappa shape index (κ2) is 2.87. The molecule has 0 unspecified atom stereocenters. The van der Waals surface area contributed by atoms with Crippen molar-refractivity contribution in [1.82, 2.24) is 4.98 Å². The number of aromatic hydroxyl groups is 2. The minimum Gasteiger partial charge on any atom is -0.492 e. The molecule has 0 atom stereocenters. The summed E-state index contributed by atoms with van der Waals surface area (Å²) in [6.07, 6.45) is 0.129. The SMILES string of the molecule is CC(=O)Cc1sc(O)nc1O. The quantitative estimate of drug-likeness (QED) is 0.690. The number of hydrogen-bond donors (Lipinski definition) is 2. The van der Waals surface area contributed by atoms with Crippen LogP contribution in [0.25, 0.3) is 0 Å². The summed E-state index contributed by atoms with van der Waals surface area (Å²) in [4.78, 5) is 14.3. The lowest BCUT2D eigenvalue weighted by atomic mass is 10.3. The third kappa shape index (κ3) is 1.91. The van der Waals surface area contributed by atoms with Gasteiger partial charge in [-0.1, -0.05) is 11.3 Å². The molecule has 0 aliphatic rings. The van der Waals surface area contributed by atoms with E-state index in [1.165, 1.54) is 6.92 Å². The largest absolute Gasteiger partial charge is 0.492 e. The molecule has 1 rings (SSSR count). The number of nitrogens with zero attached hydrogens (tertiary/aromatic N) is 1. The van der Waals surface area contributed by atoms with Crippen LogP contribution in [-0.4, -0.2) is 21.0 Å². The fourth-order valence-electron chi connectivity index (χ4n) is 0.673. The molecule has 4 nitrogen and oxygen atoms in total. The van der Waals surface area contributed by atoms with E-state index in [1.807, 2.05) is 0 Å². The van der Waals surface area contributed by atoms with Gasteiger partial charge >= 0.3 is 0 Å². The van der Waals surface area contributed by atoms with Gasteiger partial charge in [0.1, 0.15) is 5.78 Å². The number of carbonyl (C=O) groups is 1. The highest BCUT2D eigenvalue weighted by Crippen LogP contribution is 2.28. The van der Waals surface area contributed by atoms with E-state index in [0.29, 0.717) is 4.88 Å². The number of rotatable bonds is 2. The Hall–Kier alpha value is -1.10. The molecule has 1 heterocycles. The van der Waals surface area contributed by atoms with Crippen LogP contribution < -0.4 is 0 Å². The lowest BCUT2D eigenvalue weighted by Gasteiger charge is -1.88. The molecule has 0 saturated carbocycles. The first-order valence-corrected chi connectivity index (χ1v) is 3.78. The van der Waals surface area contributed by atoms with Gasteiger partial charge < -0.3 is 10.2 Å². The van der Waals surface area contributed by atoms with Crippen molar-refractivity contribution in [1.29, 1.82) is 0 Å². The van der Waals surface area contributed by atoms with Crippen molar-refractivity contribution >= 4 is 17.1 Å². The molecular weight excluding hydrogens is 166 g/mol. The number of thiazole rings is 1. The maximum absolute atomic E-state index is 10.6. The standard InChI is InChI=1S/C6H7NO3S/c1-3(8)2-4-5(9)7-6(10)11-4/h9H,2H2,1H3,(H,7,10). The van der Waals surface area contributed by atoms with Crippen molar-refractivity contribution in [2.45, 2.75) is 13.3 Å². The normalized spacial score (nSPS) is 9.91. The molecule has 0 spiro atoms. The monoisotopic (exact) mass is 173 g/mol. The minimum atomic E-state index is -0.247. The van der Waals surface area contributed by atoms with Crippen LogP contribution in [0.3, 0.4) is 0 Å². The zero-order chi connectivity index (χ0) is 8.43. The number of ketones is 1. The molecule has 0 aromatic carbocycles. The lowest BCUT2D eigenvalue weighted by Crippen LogP contribution is -1.93. The summed E-state index contributed by atoms with van der Waals surface area (Å²) >= 11 is 0.916. The first-order chi connectivity index (χ1) is 5.09. The summed E-state index contributed by atoms with van der Waals surface area (Å²) in [6.45, 7) is 1.41. The van der Waals surface area contributed by atoms with Gasteiger partial charge in [-0.2, -0.15) is 4.98 Å². The third-order valence-corrected chi connectivity index (χ3v) is 1.92. The van der Waals surface area contributed by atoms with Gasteiger partial charge in [-0.3, -0.25) is 4.79 Å². The van der Waals surface area contributed by atoms with E-state index in [-0.39, 0.29) is 23.3 Å². The molecular formula is C6H7NO3S. The zero-order valence-electron chi connectivity index (χ0n) is 5.87. The molecule has 0 bridgehead atoms. The predicted molar refractivity (Wildman–Crippen MR) is 39.8 cm³/mol. The Morgan fingerprint density at radius 3 is 2.64 bits per heavy atom. The molecule has 11 heavy (non-hydrogen) atoms. The van der Waals surface area contributed by atoms with Gasteiger partial charge in [-0.25, -0.2) is 0 Å². The summed E-state index contributed by atoms with van der Waals surface area (Å²) in [6, 6.07) is 0. The Bertz CT molecular complexity index is 281. The fraction of sp³-hybridized carbons (Fsp3) is 0.333. The Kier molecular flexibility index (Phi) is 2.09. The van der Waals surface area contributed by atoms with E-state index in [1.54, 1.807) is 0 Å². The summed E-state index contributed by atoms with van der Waals surface area (Å²) in [5.41, 5.74) is 0. The molecule has 0 aliphatic carbocycles. The Labute approximate surface area is 67.1 Å². The summed E-state index contributed by atoms with van der Waals surface area (Å²) in [7, 11) is 0. The smallest absolute Gasteiger partial charge is 0.274 e. The zero-order valence-corrected chi connectivity index (χ0v) is 6.68. The van der Waals surface area contributed by atoms with E-state index < -0.39 is 0 Å². The highest BCUT2D eigenvalue weighted by molar-refractivity contribution is 7.13. The second-order valence-corrected chi connectivity index (χ2v) is 3.18. The molecule has 1 aromatic rings. The van der Waals surface area contributed by atoms with Crippen LogP contribution in [0.5, 0.6) is 11.1 Å². The van der Waals surface area contributed by atoms with Gasteiger partial charge in [0.05, 0.1) is 4.88 Å². The van der Waals surface area contributed by atoms with Crippen molar-refractivity contribution in [2.75, 3.05) is 0 Å².